The molecule has 1 heterocycles. The van der Waals surface area contributed by atoms with Gasteiger partial charge in [0.15, 0.2) is 0 Å². The number of hydrogen-bond donors (Lipinski definition) is 1. The highest BCUT2D eigenvalue weighted by Crippen LogP contribution is 2.30. The van der Waals surface area contributed by atoms with Crippen molar-refractivity contribution < 1.29 is 17.9 Å². The van der Waals surface area contributed by atoms with Crippen LogP contribution in [0.2, 0.25) is 0 Å². The number of halogens is 3. The van der Waals surface area contributed by atoms with Gasteiger partial charge in [0.2, 0.25) is 0 Å². The lowest BCUT2D eigenvalue weighted by molar-refractivity contribution is -0.274. The van der Waals surface area contributed by atoms with E-state index in [1.165, 1.54) is 12.1 Å². The van der Waals surface area contributed by atoms with Gasteiger partial charge >= 0.3 is 6.36 Å². The average Bonchev–Trinajstić information content (AvgIpc) is 2.25. The van der Waals surface area contributed by atoms with Gasteiger partial charge < -0.3 is 10.1 Å². The normalized spacial score (nSPS) is 19.9. The number of alkyl halides is 3. The number of benzene rings is 1. The number of fused-ring (bicyclic) bond motifs is 1. The van der Waals surface area contributed by atoms with E-state index in [1.54, 1.807) is 6.07 Å². The SMILES string of the molecule is CCC1NCCc2cc(OC(F)(F)F)ccc21. The molecular weight excluding hydrogens is 231 g/mol. The predicted molar refractivity (Wildman–Crippen MR) is 57.9 cm³/mol. The number of ether oxygens (including phenoxy) is 1. The molecule has 0 amide bonds. The highest BCUT2D eigenvalue weighted by Gasteiger charge is 2.31. The van der Waals surface area contributed by atoms with Gasteiger partial charge in [-0.2, -0.15) is 0 Å². The fraction of sp³-hybridized carbons (Fsp3) is 0.500. The van der Waals surface area contributed by atoms with Crippen molar-refractivity contribution in [3.63, 3.8) is 0 Å². The highest BCUT2D eigenvalue weighted by molar-refractivity contribution is 5.39. The van der Waals surface area contributed by atoms with Gasteiger partial charge in [-0.05, 0) is 42.6 Å². The van der Waals surface area contributed by atoms with Gasteiger partial charge in [-0.3, -0.25) is 0 Å². The van der Waals surface area contributed by atoms with Crippen LogP contribution < -0.4 is 10.1 Å². The maximum atomic E-state index is 12.1. The van der Waals surface area contributed by atoms with E-state index < -0.39 is 6.36 Å². The fourth-order valence-corrected chi connectivity index (χ4v) is 2.19. The maximum Gasteiger partial charge on any atom is 0.573 e. The molecule has 1 aliphatic heterocycles. The van der Waals surface area contributed by atoms with E-state index in [4.69, 9.17) is 0 Å². The minimum atomic E-state index is -4.62. The van der Waals surface area contributed by atoms with Crippen molar-refractivity contribution in [2.24, 2.45) is 0 Å². The van der Waals surface area contributed by atoms with Gasteiger partial charge in [-0.15, -0.1) is 13.2 Å². The van der Waals surface area contributed by atoms with Crippen molar-refractivity contribution in [1.29, 1.82) is 0 Å². The molecule has 1 aromatic carbocycles. The summed E-state index contributed by atoms with van der Waals surface area (Å²) in [6.07, 6.45) is -2.96. The highest BCUT2D eigenvalue weighted by atomic mass is 19.4. The van der Waals surface area contributed by atoms with Gasteiger partial charge in [-0.1, -0.05) is 13.0 Å². The Morgan fingerprint density at radius 2 is 2.18 bits per heavy atom. The van der Waals surface area contributed by atoms with Crippen molar-refractivity contribution in [3.8, 4) is 5.75 Å². The summed E-state index contributed by atoms with van der Waals surface area (Å²) < 4.78 is 40.2. The van der Waals surface area contributed by atoms with Gasteiger partial charge in [0.25, 0.3) is 0 Å². The van der Waals surface area contributed by atoms with Crippen LogP contribution >= 0.6 is 0 Å². The van der Waals surface area contributed by atoms with Crippen LogP contribution in [0.15, 0.2) is 18.2 Å². The Bertz CT molecular complexity index is 403. The van der Waals surface area contributed by atoms with Crippen LogP contribution in [0.3, 0.4) is 0 Å². The van der Waals surface area contributed by atoms with Crippen molar-refractivity contribution >= 4 is 0 Å². The molecule has 0 saturated heterocycles. The molecule has 0 aromatic heterocycles. The Labute approximate surface area is 97.8 Å². The zero-order valence-corrected chi connectivity index (χ0v) is 9.47. The molecule has 0 radical (unpaired) electrons. The van der Waals surface area contributed by atoms with Crippen LogP contribution in [0.25, 0.3) is 0 Å². The van der Waals surface area contributed by atoms with Crippen molar-refractivity contribution in [2.75, 3.05) is 6.54 Å². The van der Waals surface area contributed by atoms with Gasteiger partial charge in [0.05, 0.1) is 0 Å². The standard InChI is InChI=1S/C12H14F3NO/c1-2-11-10-4-3-9(17-12(13,14)15)7-8(10)5-6-16-11/h3-4,7,11,16H,2,5-6H2,1H3. The quantitative estimate of drug-likeness (QED) is 0.864. The maximum absolute atomic E-state index is 12.1. The first-order valence-electron chi connectivity index (χ1n) is 5.61. The Hall–Kier alpha value is -1.23. The molecule has 5 heteroatoms. The smallest absolute Gasteiger partial charge is 0.406 e. The number of rotatable bonds is 2. The van der Waals surface area contributed by atoms with Crippen LogP contribution in [0.4, 0.5) is 13.2 Å². The fourth-order valence-electron chi connectivity index (χ4n) is 2.19. The molecule has 1 atom stereocenters. The van der Waals surface area contributed by atoms with E-state index in [1.807, 2.05) is 6.92 Å². The zero-order chi connectivity index (χ0) is 12.5. The Morgan fingerprint density at radius 1 is 1.41 bits per heavy atom. The van der Waals surface area contributed by atoms with Crippen LogP contribution in [0.5, 0.6) is 5.75 Å². The molecule has 1 N–H and O–H groups in total. The molecule has 94 valence electrons. The molecule has 0 aliphatic carbocycles. The first-order chi connectivity index (χ1) is 7.99. The third-order valence-electron chi connectivity index (χ3n) is 2.92. The second-order valence-electron chi connectivity index (χ2n) is 4.07. The molecule has 0 saturated carbocycles. The molecule has 0 fully saturated rings. The lowest BCUT2D eigenvalue weighted by Gasteiger charge is -2.26. The third kappa shape index (κ3) is 2.91. The predicted octanol–water partition coefficient (Wildman–Crippen LogP) is 3.18. The second kappa shape index (κ2) is 4.56. The van der Waals surface area contributed by atoms with E-state index in [0.717, 1.165) is 30.5 Å². The summed E-state index contributed by atoms with van der Waals surface area (Å²) in [6.45, 7) is 2.84. The molecule has 0 bridgehead atoms. The van der Waals surface area contributed by atoms with E-state index in [-0.39, 0.29) is 11.8 Å². The van der Waals surface area contributed by atoms with Crippen molar-refractivity contribution in [1.82, 2.24) is 5.32 Å². The van der Waals surface area contributed by atoms with Crippen molar-refractivity contribution in [3.05, 3.63) is 29.3 Å². The third-order valence-corrected chi connectivity index (χ3v) is 2.92. The largest absolute Gasteiger partial charge is 0.573 e. The monoisotopic (exact) mass is 245 g/mol. The second-order valence-corrected chi connectivity index (χ2v) is 4.07. The van der Waals surface area contributed by atoms with Crippen LogP contribution in [-0.4, -0.2) is 12.9 Å². The van der Waals surface area contributed by atoms with Crippen molar-refractivity contribution in [2.45, 2.75) is 32.2 Å². The lowest BCUT2D eigenvalue weighted by atomic mass is 9.93. The first kappa shape index (κ1) is 12.2. The number of nitrogens with one attached hydrogen (secondary N) is 1. The molecular formula is C12H14F3NO. The Balaban J connectivity index is 2.25. The summed E-state index contributed by atoms with van der Waals surface area (Å²) >= 11 is 0. The molecule has 0 spiro atoms. The van der Waals surface area contributed by atoms with Gasteiger partial charge in [-0.25, -0.2) is 0 Å². The molecule has 2 nitrogen and oxygen atoms in total. The summed E-state index contributed by atoms with van der Waals surface area (Å²) in [6, 6.07) is 4.82. The van der Waals surface area contributed by atoms with E-state index in [2.05, 4.69) is 10.1 Å². The molecule has 17 heavy (non-hydrogen) atoms. The topological polar surface area (TPSA) is 21.3 Å². The molecule has 1 unspecified atom stereocenters. The van der Waals surface area contributed by atoms with E-state index in [0.29, 0.717) is 0 Å². The molecule has 2 rings (SSSR count). The first-order valence-corrected chi connectivity index (χ1v) is 5.61. The minimum Gasteiger partial charge on any atom is -0.406 e. The van der Waals surface area contributed by atoms with Crippen LogP contribution in [0, 0.1) is 0 Å². The Kier molecular flexibility index (Phi) is 3.28. The van der Waals surface area contributed by atoms with Gasteiger partial charge in [0.1, 0.15) is 5.75 Å². The minimum absolute atomic E-state index is 0.131. The molecule has 1 aliphatic rings. The number of hydrogen-bond acceptors (Lipinski definition) is 2. The summed E-state index contributed by atoms with van der Waals surface area (Å²) in [7, 11) is 0. The molecule has 1 aromatic rings. The summed E-state index contributed by atoms with van der Waals surface area (Å²) in [5.74, 6) is -0.131. The van der Waals surface area contributed by atoms with Gasteiger partial charge in [0, 0.05) is 6.04 Å². The van der Waals surface area contributed by atoms with Crippen LogP contribution in [-0.2, 0) is 6.42 Å². The van der Waals surface area contributed by atoms with Crippen LogP contribution in [0.1, 0.15) is 30.5 Å². The average molecular weight is 245 g/mol. The van der Waals surface area contributed by atoms with E-state index in [9.17, 15) is 13.2 Å². The Morgan fingerprint density at radius 3 is 2.82 bits per heavy atom. The zero-order valence-electron chi connectivity index (χ0n) is 9.47. The lowest BCUT2D eigenvalue weighted by Crippen LogP contribution is -2.29. The summed E-state index contributed by atoms with van der Waals surface area (Å²) in [4.78, 5) is 0. The summed E-state index contributed by atoms with van der Waals surface area (Å²) in [5, 5.41) is 3.33. The summed E-state index contributed by atoms with van der Waals surface area (Å²) in [5.41, 5.74) is 2.02. The van der Waals surface area contributed by atoms with E-state index >= 15 is 0 Å².